The van der Waals surface area contributed by atoms with E-state index < -0.39 is 13.9 Å². The summed E-state index contributed by atoms with van der Waals surface area (Å²) in [7, 11) is -2.16. The Balaban J connectivity index is 1.58. The van der Waals surface area contributed by atoms with Crippen molar-refractivity contribution in [3.63, 3.8) is 0 Å². The fourth-order valence-electron chi connectivity index (χ4n) is 5.59. The van der Waals surface area contributed by atoms with Gasteiger partial charge < -0.3 is 19.4 Å². The molecular formula is C33H47N4O4SSi+. The Morgan fingerprint density at radius 1 is 1.16 bits per heavy atom. The summed E-state index contributed by atoms with van der Waals surface area (Å²) >= 11 is 1.37. The normalized spacial score (nSPS) is 19.5. The highest BCUT2D eigenvalue weighted by Crippen LogP contribution is 2.44. The molecule has 0 spiro atoms. The number of anilines is 2. The van der Waals surface area contributed by atoms with Crippen molar-refractivity contribution in [2.45, 2.75) is 96.2 Å². The van der Waals surface area contributed by atoms with E-state index in [0.29, 0.717) is 17.4 Å². The minimum Gasteiger partial charge on any atom is -0.443 e. The van der Waals surface area contributed by atoms with Crippen LogP contribution in [0.15, 0.2) is 60.0 Å². The fourth-order valence-corrected chi connectivity index (χ4v) is 7.47. The molecule has 1 aromatic heterocycles. The van der Waals surface area contributed by atoms with E-state index in [1.54, 1.807) is 0 Å². The molecule has 2 amide bonds. The molecule has 0 bridgehead atoms. The fraction of sp³-hybridized carbons (Fsp3) is 0.485. The standard InChI is InChI=1S/C33H46N4O4SSi/c1-9-26-29(23-15-17-24(18-16-23)35-28(38)19-25-21-42-30(34)36-25)33(5,6)40-31(39)37(26)20-27(22-13-11-10-12-14-22)41-43(7,8)32(2,3)4/h10-18,21,26-27,29H,9,19-20H2,1-8H3,(H2,34,36)(H,35,38)/p+1. The van der Waals surface area contributed by atoms with Crippen LogP contribution in [0, 0.1) is 0 Å². The molecule has 1 aliphatic rings. The average Bonchev–Trinajstić information content (AvgIpc) is 3.33. The van der Waals surface area contributed by atoms with E-state index in [-0.39, 0.29) is 41.5 Å². The third kappa shape index (κ3) is 7.66. The van der Waals surface area contributed by atoms with Crippen molar-refractivity contribution >= 4 is 42.5 Å². The second-order valence-corrected chi connectivity index (χ2v) is 19.1. The van der Waals surface area contributed by atoms with E-state index in [4.69, 9.17) is 14.9 Å². The molecule has 43 heavy (non-hydrogen) atoms. The van der Waals surface area contributed by atoms with Gasteiger partial charge in [0, 0.05) is 23.0 Å². The first-order chi connectivity index (χ1) is 20.1. The van der Waals surface area contributed by atoms with E-state index >= 15 is 0 Å². The number of H-pyrrole nitrogens is 1. The predicted molar refractivity (Wildman–Crippen MR) is 176 cm³/mol. The van der Waals surface area contributed by atoms with Crippen LogP contribution < -0.4 is 16.0 Å². The molecule has 0 aliphatic carbocycles. The van der Waals surface area contributed by atoms with Crippen molar-refractivity contribution in [2.75, 3.05) is 17.6 Å². The maximum absolute atomic E-state index is 13.6. The second-order valence-electron chi connectivity index (χ2n) is 13.5. The number of nitrogens with two attached hydrogens (primary N) is 1. The number of nitrogen functional groups attached to an aromatic ring is 1. The van der Waals surface area contributed by atoms with Crippen molar-refractivity contribution in [3.8, 4) is 0 Å². The van der Waals surface area contributed by atoms with Crippen LogP contribution in [-0.4, -0.2) is 43.4 Å². The van der Waals surface area contributed by atoms with Crippen LogP contribution in [0.2, 0.25) is 18.1 Å². The van der Waals surface area contributed by atoms with Gasteiger partial charge in [-0.25, -0.2) is 9.78 Å². The first kappa shape index (κ1) is 32.7. The van der Waals surface area contributed by atoms with Crippen LogP contribution in [0.4, 0.5) is 15.6 Å². The molecule has 10 heteroatoms. The molecule has 3 unspecified atom stereocenters. The lowest BCUT2D eigenvalue weighted by Crippen LogP contribution is -2.59. The third-order valence-electron chi connectivity index (χ3n) is 8.83. The number of hydrogen-bond donors (Lipinski definition) is 2. The molecule has 4 N–H and O–H groups in total. The Morgan fingerprint density at radius 2 is 1.81 bits per heavy atom. The number of aromatic amines is 1. The van der Waals surface area contributed by atoms with E-state index in [9.17, 15) is 9.59 Å². The second kappa shape index (κ2) is 12.8. The summed E-state index contributed by atoms with van der Waals surface area (Å²) in [5, 5.41) is 5.40. The van der Waals surface area contributed by atoms with Gasteiger partial charge in [-0.15, -0.1) is 0 Å². The first-order valence-electron chi connectivity index (χ1n) is 15.0. The summed E-state index contributed by atoms with van der Waals surface area (Å²) in [4.78, 5) is 31.1. The average molecular weight is 624 g/mol. The molecule has 4 rings (SSSR count). The maximum Gasteiger partial charge on any atom is 0.410 e. The summed E-state index contributed by atoms with van der Waals surface area (Å²) in [5.74, 6) is -0.215. The third-order valence-corrected chi connectivity index (χ3v) is 14.1. The zero-order chi connectivity index (χ0) is 31.6. The predicted octanol–water partition coefficient (Wildman–Crippen LogP) is 7.18. The molecular weight excluding hydrogens is 577 g/mol. The van der Waals surface area contributed by atoms with E-state index in [0.717, 1.165) is 23.2 Å². The number of carbonyl (C=O) groups excluding carboxylic acids is 2. The van der Waals surface area contributed by atoms with Crippen LogP contribution >= 0.6 is 11.3 Å². The molecule has 0 radical (unpaired) electrons. The number of thiazole rings is 1. The molecule has 2 aromatic carbocycles. The van der Waals surface area contributed by atoms with Gasteiger partial charge in [-0.1, -0.05) is 81.5 Å². The van der Waals surface area contributed by atoms with Crippen LogP contribution in [-0.2, 0) is 20.4 Å². The highest BCUT2D eigenvalue weighted by atomic mass is 32.1. The van der Waals surface area contributed by atoms with Gasteiger partial charge in [-0.05, 0) is 61.7 Å². The van der Waals surface area contributed by atoms with E-state index in [1.807, 2.05) is 66.6 Å². The van der Waals surface area contributed by atoms with Gasteiger partial charge in [0.15, 0.2) is 8.32 Å². The monoisotopic (exact) mass is 623 g/mol. The molecule has 232 valence electrons. The largest absolute Gasteiger partial charge is 0.443 e. The highest BCUT2D eigenvalue weighted by Gasteiger charge is 2.49. The number of hydrogen-bond acceptors (Lipinski definition) is 6. The molecule has 1 fully saturated rings. The van der Waals surface area contributed by atoms with E-state index in [1.165, 1.54) is 11.3 Å². The highest BCUT2D eigenvalue weighted by molar-refractivity contribution is 7.13. The molecule has 1 aliphatic heterocycles. The van der Waals surface area contributed by atoms with Gasteiger partial charge in [0.05, 0.1) is 19.1 Å². The Bertz CT molecular complexity index is 1400. The quantitative estimate of drug-likeness (QED) is 0.233. The minimum absolute atomic E-state index is 0.0175. The summed E-state index contributed by atoms with van der Waals surface area (Å²) in [5.41, 5.74) is 8.61. The number of aromatic nitrogens is 1. The molecule has 1 saturated heterocycles. The lowest BCUT2D eigenvalue weighted by Gasteiger charge is -2.50. The lowest BCUT2D eigenvalue weighted by molar-refractivity contribution is -0.365. The number of amides is 2. The Hall–Kier alpha value is -3.21. The molecule has 3 atom stereocenters. The van der Waals surface area contributed by atoms with Crippen molar-refractivity contribution in [1.29, 1.82) is 0 Å². The number of nitrogens with one attached hydrogen (secondary N) is 2. The molecule has 3 aromatic rings. The Morgan fingerprint density at radius 3 is 2.37 bits per heavy atom. The SMILES string of the molecule is CCC1C(c2ccc(NC(=O)Cc3csc(N)[nH+]3)cc2)C(C)(C)OC(=O)N1CC(O[Si](C)(C)C(C)(C)C)c1ccccc1. The molecule has 0 saturated carbocycles. The Labute approximate surface area is 261 Å². The number of carbonyl (C=O) groups is 2. The number of nitrogens with zero attached hydrogens (tertiary/aromatic N) is 1. The summed E-state index contributed by atoms with van der Waals surface area (Å²) < 4.78 is 13.1. The van der Waals surface area contributed by atoms with Crippen LogP contribution in [0.5, 0.6) is 0 Å². The van der Waals surface area contributed by atoms with Gasteiger partial charge in [0.25, 0.3) is 0 Å². The summed E-state index contributed by atoms with van der Waals surface area (Å²) in [6.45, 7) is 17.7. The van der Waals surface area contributed by atoms with Crippen LogP contribution in [0.1, 0.15) is 76.8 Å². The Kier molecular flexibility index (Phi) is 9.73. The lowest BCUT2D eigenvalue weighted by atomic mass is 9.76. The smallest absolute Gasteiger partial charge is 0.410 e. The number of benzene rings is 2. The van der Waals surface area contributed by atoms with Crippen LogP contribution in [0.25, 0.3) is 0 Å². The van der Waals surface area contributed by atoms with Crippen molar-refractivity contribution < 1.29 is 23.7 Å². The molecule has 2 heterocycles. The van der Waals surface area contributed by atoms with Gasteiger partial charge >= 0.3 is 11.2 Å². The maximum atomic E-state index is 13.6. The number of rotatable bonds is 10. The van der Waals surface area contributed by atoms with Crippen molar-refractivity contribution in [3.05, 3.63) is 76.8 Å². The topological polar surface area (TPSA) is 108 Å². The number of ether oxygens (including phenoxy) is 1. The van der Waals surface area contributed by atoms with Gasteiger partial charge in [-0.2, -0.15) is 0 Å². The van der Waals surface area contributed by atoms with Crippen LogP contribution in [0.3, 0.4) is 0 Å². The molecule has 8 nitrogen and oxygen atoms in total. The van der Waals surface area contributed by atoms with Gasteiger partial charge in [-0.3, -0.25) is 10.5 Å². The first-order valence-corrected chi connectivity index (χ1v) is 18.8. The summed E-state index contributed by atoms with van der Waals surface area (Å²) in [6.07, 6.45) is 0.374. The van der Waals surface area contributed by atoms with Crippen molar-refractivity contribution in [2.24, 2.45) is 0 Å². The number of cyclic esters (lactones) is 1. The zero-order valence-corrected chi connectivity index (χ0v) is 28.5. The van der Waals surface area contributed by atoms with E-state index in [2.05, 4.69) is 63.2 Å². The summed E-state index contributed by atoms with van der Waals surface area (Å²) in [6, 6.07) is 18.0. The van der Waals surface area contributed by atoms with Gasteiger partial charge in [0.1, 0.15) is 11.3 Å². The van der Waals surface area contributed by atoms with Gasteiger partial charge in [0.2, 0.25) is 5.91 Å². The van der Waals surface area contributed by atoms with Crippen molar-refractivity contribution in [1.82, 2.24) is 4.90 Å². The minimum atomic E-state index is -2.16. The zero-order valence-electron chi connectivity index (χ0n) is 26.7.